The summed E-state index contributed by atoms with van der Waals surface area (Å²) in [6.07, 6.45) is 4.50. The predicted octanol–water partition coefficient (Wildman–Crippen LogP) is 2.02. The van der Waals surface area contributed by atoms with Gasteiger partial charge in [-0.15, -0.1) is 0 Å². The Hall–Kier alpha value is -2.34. The van der Waals surface area contributed by atoms with Gasteiger partial charge in [-0.1, -0.05) is 25.1 Å². The first-order valence-electron chi connectivity index (χ1n) is 8.42. The van der Waals surface area contributed by atoms with E-state index < -0.39 is 5.60 Å². The minimum atomic E-state index is -1.14. The number of aliphatic hydroxyl groups is 1. The van der Waals surface area contributed by atoms with E-state index in [0.717, 1.165) is 17.7 Å². The number of carbonyl (C=O) groups is 1. The van der Waals surface area contributed by atoms with Crippen LogP contribution in [-0.2, 0) is 23.9 Å². The van der Waals surface area contributed by atoms with E-state index in [1.165, 1.54) is 0 Å². The van der Waals surface area contributed by atoms with Crippen molar-refractivity contribution in [2.24, 2.45) is 13.0 Å². The molecule has 2 rings (SSSR count). The number of amides is 1. The van der Waals surface area contributed by atoms with Crippen LogP contribution in [0.1, 0.15) is 31.4 Å². The number of carbonyl (C=O) groups excluding carboxylic acids is 1. The van der Waals surface area contributed by atoms with Gasteiger partial charge < -0.3 is 15.2 Å². The van der Waals surface area contributed by atoms with Gasteiger partial charge in [0, 0.05) is 25.2 Å². The quantitative estimate of drug-likeness (QED) is 0.767. The lowest BCUT2D eigenvalue weighted by atomic mass is 9.96. The smallest absolute Gasteiger partial charge is 0.220 e. The molecule has 0 aliphatic heterocycles. The fourth-order valence-electron chi connectivity index (χ4n) is 2.78. The van der Waals surface area contributed by atoms with Crippen LogP contribution in [0.4, 0.5) is 0 Å². The number of methoxy groups -OCH3 is 1. The SMILES string of the molecule is COc1ccccc1CC(C)CC(=O)NCC(C)(O)c1cnn(C)c1. The number of hydrogen-bond donors (Lipinski definition) is 2. The first kappa shape index (κ1) is 19.0. The summed E-state index contributed by atoms with van der Waals surface area (Å²) in [5.41, 5.74) is 0.625. The third kappa shape index (κ3) is 5.32. The molecular weight excluding hydrogens is 318 g/mol. The molecule has 2 aromatic rings. The van der Waals surface area contributed by atoms with Crippen LogP contribution in [0.3, 0.4) is 0 Å². The van der Waals surface area contributed by atoms with E-state index in [9.17, 15) is 9.90 Å². The molecule has 1 aromatic carbocycles. The van der Waals surface area contributed by atoms with Gasteiger partial charge in [0.2, 0.25) is 5.91 Å². The standard InChI is InChI=1S/C19H27N3O3/c1-14(9-15-7-5-6-8-17(15)25-4)10-18(23)20-13-19(2,24)16-11-21-22(3)12-16/h5-8,11-12,14,24H,9-10,13H2,1-4H3,(H,20,23). The van der Waals surface area contributed by atoms with Crippen LogP contribution >= 0.6 is 0 Å². The Balaban J connectivity index is 1.85. The van der Waals surface area contributed by atoms with E-state index >= 15 is 0 Å². The first-order valence-corrected chi connectivity index (χ1v) is 8.42. The highest BCUT2D eigenvalue weighted by Gasteiger charge is 2.25. The zero-order valence-corrected chi connectivity index (χ0v) is 15.3. The minimum Gasteiger partial charge on any atom is -0.496 e. The Kier molecular flexibility index (Phi) is 6.20. The van der Waals surface area contributed by atoms with Crippen molar-refractivity contribution in [3.8, 4) is 5.75 Å². The predicted molar refractivity (Wildman–Crippen MR) is 96.3 cm³/mol. The van der Waals surface area contributed by atoms with Crippen molar-refractivity contribution in [3.05, 3.63) is 47.8 Å². The number of benzene rings is 1. The number of aromatic nitrogens is 2. The lowest BCUT2D eigenvalue weighted by Gasteiger charge is -2.23. The van der Waals surface area contributed by atoms with E-state index in [-0.39, 0.29) is 18.4 Å². The van der Waals surface area contributed by atoms with Crippen molar-refractivity contribution >= 4 is 5.91 Å². The van der Waals surface area contributed by atoms with Gasteiger partial charge in [-0.3, -0.25) is 9.48 Å². The molecule has 0 spiro atoms. The maximum atomic E-state index is 12.2. The molecule has 1 heterocycles. The third-order valence-electron chi connectivity index (χ3n) is 4.25. The van der Waals surface area contributed by atoms with Gasteiger partial charge in [0.15, 0.2) is 0 Å². The Bertz CT molecular complexity index is 709. The number of nitrogens with zero attached hydrogens (tertiary/aromatic N) is 2. The van der Waals surface area contributed by atoms with Crippen LogP contribution in [-0.4, -0.2) is 34.4 Å². The molecule has 6 nitrogen and oxygen atoms in total. The molecule has 0 saturated carbocycles. The molecule has 0 saturated heterocycles. The molecule has 6 heteroatoms. The van der Waals surface area contributed by atoms with Gasteiger partial charge >= 0.3 is 0 Å². The van der Waals surface area contributed by atoms with Gasteiger partial charge in [0.25, 0.3) is 0 Å². The van der Waals surface area contributed by atoms with Crippen molar-refractivity contribution in [2.75, 3.05) is 13.7 Å². The second-order valence-corrected chi connectivity index (χ2v) is 6.78. The van der Waals surface area contributed by atoms with Crippen molar-refractivity contribution in [2.45, 2.75) is 32.3 Å². The largest absolute Gasteiger partial charge is 0.496 e. The molecule has 0 aliphatic carbocycles. The van der Waals surface area contributed by atoms with Gasteiger partial charge in [0.1, 0.15) is 11.4 Å². The fraction of sp³-hybridized carbons (Fsp3) is 0.474. The molecule has 0 radical (unpaired) electrons. The van der Waals surface area contributed by atoms with Crippen LogP contribution in [0.2, 0.25) is 0 Å². The summed E-state index contributed by atoms with van der Waals surface area (Å²) in [6, 6.07) is 7.84. The Morgan fingerprint density at radius 1 is 1.44 bits per heavy atom. The summed E-state index contributed by atoms with van der Waals surface area (Å²) in [7, 11) is 3.44. The molecule has 0 bridgehead atoms. The van der Waals surface area contributed by atoms with Crippen LogP contribution in [0.15, 0.2) is 36.7 Å². The van der Waals surface area contributed by atoms with Gasteiger partial charge in [-0.2, -0.15) is 5.10 Å². The lowest BCUT2D eigenvalue weighted by molar-refractivity contribution is -0.123. The highest BCUT2D eigenvalue weighted by Crippen LogP contribution is 2.22. The summed E-state index contributed by atoms with van der Waals surface area (Å²) >= 11 is 0. The van der Waals surface area contributed by atoms with Crippen molar-refractivity contribution in [1.82, 2.24) is 15.1 Å². The topological polar surface area (TPSA) is 76.4 Å². The van der Waals surface area contributed by atoms with Crippen LogP contribution < -0.4 is 10.1 Å². The van der Waals surface area contributed by atoms with E-state index in [0.29, 0.717) is 12.0 Å². The minimum absolute atomic E-state index is 0.0773. The number of hydrogen-bond acceptors (Lipinski definition) is 4. The highest BCUT2D eigenvalue weighted by molar-refractivity contribution is 5.76. The zero-order chi connectivity index (χ0) is 18.4. The Labute approximate surface area is 148 Å². The third-order valence-corrected chi connectivity index (χ3v) is 4.25. The number of ether oxygens (including phenoxy) is 1. The van der Waals surface area contributed by atoms with Crippen molar-refractivity contribution in [1.29, 1.82) is 0 Å². The van der Waals surface area contributed by atoms with E-state index in [1.54, 1.807) is 38.2 Å². The Morgan fingerprint density at radius 3 is 2.80 bits per heavy atom. The van der Waals surface area contributed by atoms with E-state index in [2.05, 4.69) is 10.4 Å². The first-order chi connectivity index (χ1) is 11.8. The highest BCUT2D eigenvalue weighted by atomic mass is 16.5. The summed E-state index contributed by atoms with van der Waals surface area (Å²) in [4.78, 5) is 12.2. The maximum absolute atomic E-state index is 12.2. The van der Waals surface area contributed by atoms with Crippen molar-refractivity contribution in [3.63, 3.8) is 0 Å². The van der Waals surface area contributed by atoms with E-state index in [4.69, 9.17) is 4.74 Å². The van der Waals surface area contributed by atoms with Crippen molar-refractivity contribution < 1.29 is 14.6 Å². The Morgan fingerprint density at radius 2 is 2.16 bits per heavy atom. The molecular formula is C19H27N3O3. The maximum Gasteiger partial charge on any atom is 0.220 e. The molecule has 136 valence electrons. The zero-order valence-electron chi connectivity index (χ0n) is 15.3. The number of para-hydroxylation sites is 1. The lowest BCUT2D eigenvalue weighted by Crippen LogP contribution is -2.39. The number of aryl methyl sites for hydroxylation is 1. The molecule has 0 aliphatic rings. The van der Waals surface area contributed by atoms with Gasteiger partial charge in [-0.05, 0) is 30.9 Å². The summed E-state index contributed by atoms with van der Waals surface area (Å²) in [5, 5.41) is 17.4. The number of nitrogens with one attached hydrogen (secondary N) is 1. The van der Waals surface area contributed by atoms with Crippen LogP contribution in [0.5, 0.6) is 5.75 Å². The number of rotatable bonds is 8. The summed E-state index contributed by atoms with van der Waals surface area (Å²) in [5.74, 6) is 0.931. The fourth-order valence-corrected chi connectivity index (χ4v) is 2.78. The van der Waals surface area contributed by atoms with Crippen LogP contribution in [0, 0.1) is 5.92 Å². The second-order valence-electron chi connectivity index (χ2n) is 6.78. The second kappa shape index (κ2) is 8.16. The summed E-state index contributed by atoms with van der Waals surface area (Å²) < 4.78 is 6.98. The normalized spacial score (nSPS) is 14.6. The van der Waals surface area contributed by atoms with Gasteiger partial charge in [-0.25, -0.2) is 0 Å². The van der Waals surface area contributed by atoms with E-state index in [1.807, 2.05) is 31.2 Å². The molecule has 1 amide bonds. The average molecular weight is 345 g/mol. The van der Waals surface area contributed by atoms with Crippen LogP contribution in [0.25, 0.3) is 0 Å². The molecule has 2 unspecified atom stereocenters. The molecule has 0 fully saturated rings. The monoisotopic (exact) mass is 345 g/mol. The molecule has 1 aromatic heterocycles. The summed E-state index contributed by atoms with van der Waals surface area (Å²) in [6.45, 7) is 3.85. The molecule has 2 atom stereocenters. The molecule has 25 heavy (non-hydrogen) atoms. The average Bonchev–Trinajstić information content (AvgIpc) is 3.01. The molecule has 2 N–H and O–H groups in total. The van der Waals surface area contributed by atoms with Gasteiger partial charge in [0.05, 0.1) is 19.9 Å².